The van der Waals surface area contributed by atoms with Crippen LogP contribution in [0.4, 0.5) is 0 Å². The summed E-state index contributed by atoms with van der Waals surface area (Å²) in [4.78, 5) is 0. The minimum Gasteiger partial charge on any atom is -0.0617 e. The van der Waals surface area contributed by atoms with Gasteiger partial charge in [-0.05, 0) is 132 Å². The van der Waals surface area contributed by atoms with Crippen LogP contribution in [0.15, 0.2) is 0 Å². The Morgan fingerprint density at radius 3 is 1.76 bits per heavy atom. The van der Waals surface area contributed by atoms with Gasteiger partial charge >= 0.3 is 0 Å². The van der Waals surface area contributed by atoms with Crippen molar-refractivity contribution in [2.45, 2.75) is 116 Å². The van der Waals surface area contributed by atoms with E-state index in [9.17, 15) is 0 Å². The lowest BCUT2D eigenvalue weighted by Gasteiger charge is -2.92. The van der Waals surface area contributed by atoms with E-state index in [1.54, 1.807) is 12.8 Å². The third-order valence-electron chi connectivity index (χ3n) is 23.6. The average molecular weight is 501 g/mol. The highest BCUT2D eigenvalue weighted by atomic mass is 15.1. The van der Waals surface area contributed by atoms with E-state index in [2.05, 4.69) is 96.9 Å². The molecule has 0 saturated heterocycles. The summed E-state index contributed by atoms with van der Waals surface area (Å²) in [5.41, 5.74) is 5.61. The minimum absolute atomic E-state index is 0.405. The van der Waals surface area contributed by atoms with E-state index in [1.807, 2.05) is 0 Å². The molecule has 204 valence electrons. The zero-order chi connectivity index (χ0) is 26.7. The molecule has 19 unspecified atom stereocenters. The van der Waals surface area contributed by atoms with Crippen molar-refractivity contribution in [1.29, 1.82) is 0 Å². The normalized spacial score (nSPS) is 86.1. The number of fused-ring (bicyclic) bond motifs is 3. The zero-order valence-electron chi connectivity index (χ0n) is 26.7. The molecule has 0 nitrogen and oxygen atoms in total. The average Bonchev–Trinajstić information content (AvgIpc) is 3.22. The number of rotatable bonds is 0. The van der Waals surface area contributed by atoms with E-state index >= 15 is 0 Å². The van der Waals surface area contributed by atoms with Crippen LogP contribution in [0, 0.1) is 112 Å². The maximum Gasteiger partial charge on any atom is -0.0136 e. The first kappa shape index (κ1) is 22.7. The summed E-state index contributed by atoms with van der Waals surface area (Å²) in [6.07, 6.45) is 4.69. The van der Waals surface area contributed by atoms with Gasteiger partial charge in [-0.25, -0.2) is 0 Å². The van der Waals surface area contributed by atoms with E-state index in [1.165, 1.54) is 6.42 Å². The molecular formula is C37H56. The Morgan fingerprint density at radius 2 is 1.14 bits per heavy atom. The second-order valence-electron chi connectivity index (χ2n) is 20.4. The van der Waals surface area contributed by atoms with E-state index < -0.39 is 0 Å². The van der Waals surface area contributed by atoms with Crippen molar-refractivity contribution >= 4 is 0 Å². The fourth-order valence-corrected chi connectivity index (χ4v) is 22.8. The largest absolute Gasteiger partial charge is 0.0617 e. The summed E-state index contributed by atoms with van der Waals surface area (Å²) < 4.78 is 0. The molecule has 11 rings (SSSR count). The molecule has 0 aromatic carbocycles. The van der Waals surface area contributed by atoms with Gasteiger partial charge in [-0.2, -0.15) is 0 Å². The first-order valence-electron chi connectivity index (χ1n) is 16.7. The van der Waals surface area contributed by atoms with Gasteiger partial charge in [0.2, 0.25) is 0 Å². The lowest BCUT2D eigenvalue weighted by atomic mass is 9.11. The molecule has 0 aromatic rings. The van der Waals surface area contributed by atoms with E-state index in [0.717, 1.165) is 47.3 Å². The standard InChI is InChI=1S/C37H56/c1-18-19(2)29(8)31(10)23-20(3)37(29)17-36-22-15-21(23)30(31,9)28(7)16-27(18,6)32(11)24(28)25(36)33(32,12)35(36,14)34(37,13)26(22,4)5/h18-25H,15-17H2,1-14H3. The second-order valence-corrected chi connectivity index (χ2v) is 20.4. The van der Waals surface area contributed by atoms with E-state index in [-0.39, 0.29) is 0 Å². The highest BCUT2D eigenvalue weighted by molar-refractivity contribution is 5.58. The van der Waals surface area contributed by atoms with Gasteiger partial charge in [0.1, 0.15) is 0 Å². The van der Waals surface area contributed by atoms with Gasteiger partial charge in [0, 0.05) is 0 Å². The van der Waals surface area contributed by atoms with Crippen molar-refractivity contribution in [2.75, 3.05) is 0 Å². The molecule has 11 saturated carbocycles. The van der Waals surface area contributed by atoms with Crippen LogP contribution in [0.5, 0.6) is 0 Å². The summed E-state index contributed by atoms with van der Waals surface area (Å²) in [7, 11) is 0. The molecule has 2 spiro atoms. The second kappa shape index (κ2) is 4.50. The molecule has 11 aliphatic rings. The first-order valence-corrected chi connectivity index (χ1v) is 16.7. The fraction of sp³-hybridized carbons (Fsp3) is 1.00. The maximum absolute atomic E-state index is 2.98. The molecule has 0 aromatic heterocycles. The van der Waals surface area contributed by atoms with Crippen molar-refractivity contribution in [2.24, 2.45) is 112 Å². The third-order valence-corrected chi connectivity index (χ3v) is 23.6. The predicted molar refractivity (Wildman–Crippen MR) is 150 cm³/mol. The van der Waals surface area contributed by atoms with Gasteiger partial charge in [-0.1, -0.05) is 96.9 Å². The maximum atomic E-state index is 2.98. The Labute approximate surface area is 228 Å². The molecule has 0 N–H and O–H groups in total. The van der Waals surface area contributed by atoms with Crippen LogP contribution in [0.3, 0.4) is 0 Å². The summed E-state index contributed by atoms with van der Waals surface area (Å²) in [5, 5.41) is 0. The van der Waals surface area contributed by atoms with Gasteiger partial charge in [0.25, 0.3) is 0 Å². The van der Waals surface area contributed by atoms with Crippen molar-refractivity contribution in [3.05, 3.63) is 0 Å². The van der Waals surface area contributed by atoms with Crippen LogP contribution < -0.4 is 0 Å². The van der Waals surface area contributed by atoms with Crippen LogP contribution in [-0.4, -0.2) is 0 Å². The van der Waals surface area contributed by atoms with Crippen molar-refractivity contribution in [3.8, 4) is 0 Å². The van der Waals surface area contributed by atoms with Crippen molar-refractivity contribution < 1.29 is 0 Å². The SMILES string of the molecule is CC1C(C)C2(C)C3(C)C4C5CC6C(C)(C)C7(C)C2(CC62C6C8C(C)(CC1(C)C8(C)C6(C)C27C)C53C)C4C. The highest BCUT2D eigenvalue weighted by Crippen LogP contribution is 3.15. The van der Waals surface area contributed by atoms with Crippen LogP contribution in [0.1, 0.15) is 116 Å². The smallest absolute Gasteiger partial charge is 0.0136 e. The van der Waals surface area contributed by atoms with Gasteiger partial charge in [-0.3, -0.25) is 0 Å². The molecule has 0 radical (unpaired) electrons. The van der Waals surface area contributed by atoms with Crippen molar-refractivity contribution in [1.82, 2.24) is 0 Å². The van der Waals surface area contributed by atoms with Crippen LogP contribution in [0.25, 0.3) is 0 Å². The molecular weight excluding hydrogens is 444 g/mol. The van der Waals surface area contributed by atoms with E-state index in [0.29, 0.717) is 65.0 Å². The highest BCUT2D eigenvalue weighted by Gasteiger charge is 3.11. The molecule has 37 heavy (non-hydrogen) atoms. The molecule has 11 fully saturated rings. The molecule has 0 heterocycles. The Morgan fingerprint density at radius 1 is 0.514 bits per heavy atom. The molecule has 0 aliphatic heterocycles. The number of hydrogen-bond acceptors (Lipinski definition) is 0. The molecule has 19 atom stereocenters. The quantitative estimate of drug-likeness (QED) is 0.311. The van der Waals surface area contributed by atoms with Crippen LogP contribution in [0.2, 0.25) is 0 Å². The van der Waals surface area contributed by atoms with Gasteiger partial charge in [0.05, 0.1) is 0 Å². The topological polar surface area (TPSA) is 0 Å². The van der Waals surface area contributed by atoms with Gasteiger partial charge in [0.15, 0.2) is 0 Å². The van der Waals surface area contributed by atoms with Gasteiger partial charge < -0.3 is 0 Å². The monoisotopic (exact) mass is 500 g/mol. The minimum atomic E-state index is 0.405. The van der Waals surface area contributed by atoms with Gasteiger partial charge in [-0.15, -0.1) is 0 Å². The number of hydrogen-bond donors (Lipinski definition) is 0. The Hall–Kier alpha value is 0. The molecule has 0 amide bonds. The Kier molecular flexibility index (Phi) is 2.76. The van der Waals surface area contributed by atoms with E-state index in [4.69, 9.17) is 0 Å². The Bertz CT molecular complexity index is 1310. The fourth-order valence-electron chi connectivity index (χ4n) is 22.8. The first-order chi connectivity index (χ1) is 16.7. The third kappa shape index (κ3) is 1.07. The molecule has 8 bridgehead atoms. The lowest BCUT2D eigenvalue weighted by Crippen LogP contribution is -2.89. The predicted octanol–water partition coefficient (Wildman–Crippen LogP) is 9.34. The summed E-state index contributed by atoms with van der Waals surface area (Å²) in [6, 6.07) is 0. The lowest BCUT2D eigenvalue weighted by molar-refractivity contribution is -0.462. The molecule has 0 heteroatoms. The van der Waals surface area contributed by atoms with Crippen molar-refractivity contribution in [3.63, 3.8) is 0 Å². The van der Waals surface area contributed by atoms with Crippen LogP contribution >= 0.6 is 0 Å². The Balaban J connectivity index is 1.53. The summed E-state index contributed by atoms with van der Waals surface area (Å²) >= 11 is 0. The summed E-state index contributed by atoms with van der Waals surface area (Å²) in [5.74, 6) is 7.22. The molecule has 11 aliphatic carbocycles. The zero-order valence-corrected chi connectivity index (χ0v) is 26.7. The van der Waals surface area contributed by atoms with Crippen LogP contribution in [-0.2, 0) is 0 Å². The summed E-state index contributed by atoms with van der Waals surface area (Å²) in [6.45, 7) is 40.6.